The summed E-state index contributed by atoms with van der Waals surface area (Å²) in [7, 11) is 1.86. The third kappa shape index (κ3) is 3.08. The second-order valence-electron chi connectivity index (χ2n) is 4.37. The molecule has 1 heterocycles. The fourth-order valence-electron chi connectivity index (χ4n) is 2.07. The molecule has 0 aliphatic heterocycles. The number of pyridine rings is 1. The van der Waals surface area contributed by atoms with E-state index in [0.29, 0.717) is 29.6 Å². The van der Waals surface area contributed by atoms with E-state index in [-0.39, 0.29) is 5.82 Å². The molecule has 0 amide bonds. The number of aromatic nitrogens is 1. The van der Waals surface area contributed by atoms with Crippen LogP contribution in [0.2, 0.25) is 5.02 Å². The molecule has 0 aliphatic carbocycles. The first-order chi connectivity index (χ1) is 9.67. The van der Waals surface area contributed by atoms with Crippen molar-refractivity contribution in [2.75, 3.05) is 18.5 Å². The van der Waals surface area contributed by atoms with E-state index in [1.165, 1.54) is 6.07 Å². The first-order valence-corrected chi connectivity index (χ1v) is 6.86. The van der Waals surface area contributed by atoms with Crippen molar-refractivity contribution in [2.45, 2.75) is 13.5 Å². The van der Waals surface area contributed by atoms with E-state index in [1.54, 1.807) is 29.3 Å². The van der Waals surface area contributed by atoms with Crippen molar-refractivity contribution in [3.05, 3.63) is 52.9 Å². The molecule has 20 heavy (non-hydrogen) atoms. The molecule has 0 atom stereocenters. The van der Waals surface area contributed by atoms with Gasteiger partial charge in [0.05, 0.1) is 10.7 Å². The van der Waals surface area contributed by atoms with Crippen molar-refractivity contribution in [1.82, 2.24) is 10.3 Å². The molecule has 0 saturated carbocycles. The molecule has 0 aliphatic rings. The van der Waals surface area contributed by atoms with Crippen LogP contribution < -0.4 is 10.2 Å². The summed E-state index contributed by atoms with van der Waals surface area (Å²) in [5, 5.41) is 3.56. The van der Waals surface area contributed by atoms with Gasteiger partial charge in [-0.2, -0.15) is 0 Å². The number of anilines is 2. The Kier molecular flexibility index (Phi) is 4.93. The average Bonchev–Trinajstić information content (AvgIpc) is 2.44. The SMILES string of the molecule is CCN(c1ccccc1F)c1ncc(CNC)cc1Cl. The van der Waals surface area contributed by atoms with Crippen molar-refractivity contribution in [2.24, 2.45) is 0 Å². The van der Waals surface area contributed by atoms with Gasteiger partial charge in [0.15, 0.2) is 5.82 Å². The maximum absolute atomic E-state index is 13.9. The first kappa shape index (κ1) is 14.8. The van der Waals surface area contributed by atoms with Gasteiger partial charge in [0.25, 0.3) is 0 Å². The van der Waals surface area contributed by atoms with Crippen LogP contribution in [-0.4, -0.2) is 18.6 Å². The standard InChI is InChI=1S/C15H17ClFN3/c1-3-20(14-7-5-4-6-13(14)17)15-12(16)8-11(9-18-2)10-19-15/h4-8,10,18H,3,9H2,1-2H3. The third-order valence-electron chi connectivity index (χ3n) is 2.97. The van der Waals surface area contributed by atoms with Gasteiger partial charge in [-0.25, -0.2) is 9.37 Å². The van der Waals surface area contributed by atoms with Gasteiger partial charge in [0.1, 0.15) is 5.82 Å². The van der Waals surface area contributed by atoms with E-state index in [4.69, 9.17) is 11.6 Å². The largest absolute Gasteiger partial charge is 0.323 e. The van der Waals surface area contributed by atoms with Crippen LogP contribution in [0.1, 0.15) is 12.5 Å². The number of nitrogens with one attached hydrogen (secondary N) is 1. The summed E-state index contributed by atoms with van der Waals surface area (Å²) in [5.74, 6) is 0.283. The topological polar surface area (TPSA) is 28.2 Å². The minimum absolute atomic E-state index is 0.286. The van der Waals surface area contributed by atoms with E-state index >= 15 is 0 Å². The average molecular weight is 294 g/mol. The maximum atomic E-state index is 13.9. The number of hydrogen-bond acceptors (Lipinski definition) is 3. The summed E-state index contributed by atoms with van der Waals surface area (Å²) in [6, 6.07) is 8.46. The monoisotopic (exact) mass is 293 g/mol. The molecule has 0 radical (unpaired) electrons. The Hall–Kier alpha value is -1.65. The number of hydrogen-bond donors (Lipinski definition) is 1. The number of rotatable bonds is 5. The molecule has 1 aromatic heterocycles. The highest BCUT2D eigenvalue weighted by Gasteiger charge is 2.16. The normalized spacial score (nSPS) is 10.6. The van der Waals surface area contributed by atoms with Gasteiger partial charge in [-0.1, -0.05) is 23.7 Å². The predicted molar refractivity (Wildman–Crippen MR) is 81.1 cm³/mol. The molecule has 0 saturated heterocycles. The zero-order chi connectivity index (χ0) is 14.5. The summed E-state index contributed by atoms with van der Waals surface area (Å²) in [6.07, 6.45) is 1.75. The van der Waals surface area contributed by atoms with Gasteiger partial charge in [0, 0.05) is 19.3 Å². The molecular formula is C15H17ClFN3. The van der Waals surface area contributed by atoms with Gasteiger partial charge in [-0.05, 0) is 37.7 Å². The van der Waals surface area contributed by atoms with Crippen LogP contribution in [-0.2, 0) is 6.54 Å². The van der Waals surface area contributed by atoms with Crippen molar-refractivity contribution < 1.29 is 4.39 Å². The van der Waals surface area contributed by atoms with Crippen molar-refractivity contribution >= 4 is 23.1 Å². The fourth-order valence-corrected chi connectivity index (χ4v) is 2.37. The van der Waals surface area contributed by atoms with E-state index in [0.717, 1.165) is 5.56 Å². The van der Waals surface area contributed by atoms with Crippen LogP contribution in [0.5, 0.6) is 0 Å². The Morgan fingerprint density at radius 2 is 2.10 bits per heavy atom. The minimum atomic E-state index is -0.286. The van der Waals surface area contributed by atoms with Gasteiger partial charge in [0.2, 0.25) is 0 Å². The highest BCUT2D eigenvalue weighted by atomic mass is 35.5. The molecule has 0 spiro atoms. The Bertz CT molecular complexity index is 589. The maximum Gasteiger partial charge on any atom is 0.151 e. The molecular weight excluding hydrogens is 277 g/mol. The Morgan fingerprint density at radius 1 is 1.35 bits per heavy atom. The zero-order valence-corrected chi connectivity index (χ0v) is 12.3. The number of nitrogens with zero attached hydrogens (tertiary/aromatic N) is 2. The predicted octanol–water partition coefficient (Wildman–Crippen LogP) is 3.75. The second kappa shape index (κ2) is 6.68. The fraction of sp³-hybridized carbons (Fsp3) is 0.267. The third-order valence-corrected chi connectivity index (χ3v) is 3.25. The molecule has 5 heteroatoms. The molecule has 0 bridgehead atoms. The molecule has 0 unspecified atom stereocenters. The lowest BCUT2D eigenvalue weighted by molar-refractivity contribution is 0.625. The van der Waals surface area contributed by atoms with Crippen molar-refractivity contribution in [1.29, 1.82) is 0 Å². The Balaban J connectivity index is 2.40. The molecule has 3 nitrogen and oxygen atoms in total. The quantitative estimate of drug-likeness (QED) is 0.910. The molecule has 0 fully saturated rings. The highest BCUT2D eigenvalue weighted by Crippen LogP contribution is 2.31. The van der Waals surface area contributed by atoms with Gasteiger partial charge in [-0.3, -0.25) is 0 Å². The van der Waals surface area contributed by atoms with E-state index < -0.39 is 0 Å². The van der Waals surface area contributed by atoms with Crippen LogP contribution >= 0.6 is 11.6 Å². The summed E-state index contributed by atoms with van der Waals surface area (Å²) in [5.41, 5.74) is 1.47. The Labute approximate surface area is 123 Å². The van der Waals surface area contributed by atoms with Crippen LogP contribution in [0.4, 0.5) is 15.9 Å². The minimum Gasteiger partial charge on any atom is -0.323 e. The molecule has 106 valence electrons. The van der Waals surface area contributed by atoms with Gasteiger partial charge >= 0.3 is 0 Å². The summed E-state index contributed by atoms with van der Waals surface area (Å²) in [6.45, 7) is 3.21. The van der Waals surface area contributed by atoms with Crippen molar-refractivity contribution in [3.8, 4) is 0 Å². The smallest absolute Gasteiger partial charge is 0.151 e. The van der Waals surface area contributed by atoms with Gasteiger partial charge in [-0.15, -0.1) is 0 Å². The summed E-state index contributed by atoms with van der Waals surface area (Å²) >= 11 is 6.29. The van der Waals surface area contributed by atoms with Crippen LogP contribution in [0.3, 0.4) is 0 Å². The van der Waals surface area contributed by atoms with Crippen molar-refractivity contribution in [3.63, 3.8) is 0 Å². The number of para-hydroxylation sites is 1. The molecule has 2 rings (SSSR count). The molecule has 2 aromatic rings. The highest BCUT2D eigenvalue weighted by molar-refractivity contribution is 6.33. The van der Waals surface area contributed by atoms with E-state index in [2.05, 4.69) is 10.3 Å². The van der Waals surface area contributed by atoms with Crippen LogP contribution in [0.15, 0.2) is 36.5 Å². The second-order valence-corrected chi connectivity index (χ2v) is 4.78. The van der Waals surface area contributed by atoms with Crippen LogP contribution in [0, 0.1) is 5.82 Å². The summed E-state index contributed by atoms with van der Waals surface area (Å²) in [4.78, 5) is 6.14. The molecule has 1 aromatic carbocycles. The Morgan fingerprint density at radius 3 is 2.70 bits per heavy atom. The zero-order valence-electron chi connectivity index (χ0n) is 11.5. The lowest BCUT2D eigenvalue weighted by Gasteiger charge is -2.23. The number of halogens is 2. The van der Waals surface area contributed by atoms with Crippen LogP contribution in [0.25, 0.3) is 0 Å². The summed E-state index contributed by atoms with van der Waals surface area (Å²) < 4.78 is 13.9. The molecule has 1 N–H and O–H groups in total. The van der Waals surface area contributed by atoms with Gasteiger partial charge < -0.3 is 10.2 Å². The first-order valence-electron chi connectivity index (χ1n) is 6.48. The lowest BCUT2D eigenvalue weighted by atomic mass is 10.2. The number of benzene rings is 1. The van der Waals surface area contributed by atoms with E-state index in [9.17, 15) is 4.39 Å². The van der Waals surface area contributed by atoms with E-state index in [1.807, 2.05) is 20.0 Å². The lowest BCUT2D eigenvalue weighted by Crippen LogP contribution is -2.19.